The zero-order valence-electron chi connectivity index (χ0n) is 19.3. The van der Waals surface area contributed by atoms with E-state index in [2.05, 4.69) is 0 Å². The molecule has 2 N–H and O–H groups in total. The van der Waals surface area contributed by atoms with Crippen LogP contribution < -0.4 is 9.47 Å². The van der Waals surface area contributed by atoms with Crippen molar-refractivity contribution in [2.45, 2.75) is 45.8 Å². The molecule has 1 atom stereocenters. The second-order valence-corrected chi connectivity index (χ2v) is 8.18. The highest BCUT2D eigenvalue weighted by Gasteiger charge is 2.45. The van der Waals surface area contributed by atoms with Gasteiger partial charge in [-0.05, 0) is 62.2 Å². The van der Waals surface area contributed by atoms with Gasteiger partial charge in [0.05, 0.1) is 24.3 Å². The van der Waals surface area contributed by atoms with Crippen LogP contribution in [0, 0.1) is 0 Å². The van der Waals surface area contributed by atoms with Crippen molar-refractivity contribution in [3.05, 3.63) is 65.2 Å². The van der Waals surface area contributed by atoms with Gasteiger partial charge in [-0.25, -0.2) is 0 Å². The second kappa shape index (κ2) is 11.0. The van der Waals surface area contributed by atoms with Crippen LogP contribution in [-0.2, 0) is 9.59 Å². The summed E-state index contributed by atoms with van der Waals surface area (Å²) in [6.45, 7) is 6.25. The molecule has 1 amide bonds. The maximum Gasteiger partial charge on any atom is 0.295 e. The third-order valence-corrected chi connectivity index (χ3v) is 5.33. The first-order valence-corrected chi connectivity index (χ1v) is 11.3. The maximum absolute atomic E-state index is 13.0. The molecule has 1 saturated heterocycles. The first-order valence-electron chi connectivity index (χ1n) is 11.3. The van der Waals surface area contributed by atoms with Crippen LogP contribution in [0.1, 0.15) is 50.8 Å². The number of aliphatic hydroxyl groups excluding tert-OH is 2. The topological polar surface area (TPSA) is 96.3 Å². The Morgan fingerprint density at radius 3 is 2.45 bits per heavy atom. The van der Waals surface area contributed by atoms with Gasteiger partial charge in [-0.1, -0.05) is 25.5 Å². The molecular formula is C26H31NO6. The molecule has 0 spiro atoms. The van der Waals surface area contributed by atoms with Crippen LogP contribution in [-0.4, -0.2) is 52.7 Å². The van der Waals surface area contributed by atoms with Crippen LogP contribution in [0.3, 0.4) is 0 Å². The van der Waals surface area contributed by atoms with E-state index in [-0.39, 0.29) is 30.6 Å². The summed E-state index contributed by atoms with van der Waals surface area (Å²) < 4.78 is 11.2. The van der Waals surface area contributed by atoms with Crippen LogP contribution in [0.4, 0.5) is 0 Å². The second-order valence-electron chi connectivity index (χ2n) is 8.18. The first-order chi connectivity index (χ1) is 15.9. The molecule has 7 nitrogen and oxygen atoms in total. The minimum Gasteiger partial charge on any atom is -0.507 e. The number of nitrogens with zero attached hydrogens (tertiary/aromatic N) is 1. The molecule has 0 bridgehead atoms. The average Bonchev–Trinajstić information content (AvgIpc) is 3.06. The highest BCUT2D eigenvalue weighted by atomic mass is 16.5. The smallest absolute Gasteiger partial charge is 0.295 e. The summed E-state index contributed by atoms with van der Waals surface area (Å²) in [7, 11) is 0. The molecule has 0 saturated carbocycles. The lowest BCUT2D eigenvalue weighted by Crippen LogP contribution is -2.30. The number of unbranched alkanes of at least 4 members (excludes halogenated alkanes) is 1. The van der Waals surface area contributed by atoms with E-state index in [0.717, 1.165) is 12.8 Å². The lowest BCUT2D eigenvalue weighted by Gasteiger charge is -2.25. The van der Waals surface area contributed by atoms with Gasteiger partial charge in [0, 0.05) is 12.1 Å². The minimum absolute atomic E-state index is 0.00802. The molecule has 0 aliphatic carbocycles. The maximum atomic E-state index is 13.0. The number of rotatable bonds is 10. The number of hydrogen-bond donors (Lipinski definition) is 2. The Kier molecular flexibility index (Phi) is 8.11. The van der Waals surface area contributed by atoms with Gasteiger partial charge in [-0.3, -0.25) is 9.59 Å². The first kappa shape index (κ1) is 24.3. The fourth-order valence-corrected chi connectivity index (χ4v) is 3.84. The van der Waals surface area contributed by atoms with Crippen molar-refractivity contribution in [1.82, 2.24) is 4.90 Å². The van der Waals surface area contributed by atoms with E-state index >= 15 is 0 Å². The molecule has 1 aliphatic rings. The van der Waals surface area contributed by atoms with Crippen LogP contribution in [0.15, 0.2) is 54.1 Å². The van der Waals surface area contributed by atoms with Crippen molar-refractivity contribution in [3.63, 3.8) is 0 Å². The van der Waals surface area contributed by atoms with E-state index in [1.165, 1.54) is 4.90 Å². The summed E-state index contributed by atoms with van der Waals surface area (Å²) in [5.41, 5.74) is 1.13. The molecule has 0 aromatic heterocycles. The Bertz CT molecular complexity index is 1010. The van der Waals surface area contributed by atoms with Crippen LogP contribution in [0.2, 0.25) is 0 Å². The Labute approximate surface area is 194 Å². The monoisotopic (exact) mass is 453 g/mol. The molecule has 1 heterocycles. The molecule has 1 aliphatic heterocycles. The van der Waals surface area contributed by atoms with E-state index in [1.54, 1.807) is 48.5 Å². The number of benzene rings is 2. The molecule has 2 aromatic carbocycles. The third kappa shape index (κ3) is 5.54. The fraction of sp³-hybridized carbons (Fsp3) is 0.385. The molecule has 1 unspecified atom stereocenters. The highest BCUT2D eigenvalue weighted by molar-refractivity contribution is 6.46. The predicted molar refractivity (Wildman–Crippen MR) is 125 cm³/mol. The van der Waals surface area contributed by atoms with Crippen molar-refractivity contribution >= 4 is 17.4 Å². The molecule has 7 heteroatoms. The number of carbonyl (C=O) groups is 2. The SMILES string of the molecule is CCCCN1C(=O)C(=O)/C(=C(\O)c2ccc(OC(C)C)cc2)C1c1cccc(OCCO)c1. The van der Waals surface area contributed by atoms with Crippen molar-refractivity contribution in [2.24, 2.45) is 0 Å². The minimum atomic E-state index is -0.735. The van der Waals surface area contributed by atoms with Crippen molar-refractivity contribution in [3.8, 4) is 11.5 Å². The van der Waals surface area contributed by atoms with Crippen molar-refractivity contribution < 1.29 is 29.3 Å². The number of aliphatic hydroxyl groups is 2. The van der Waals surface area contributed by atoms with Crippen molar-refractivity contribution in [1.29, 1.82) is 0 Å². The average molecular weight is 454 g/mol. The lowest BCUT2D eigenvalue weighted by molar-refractivity contribution is -0.139. The van der Waals surface area contributed by atoms with E-state index < -0.39 is 17.7 Å². The quantitative estimate of drug-likeness (QED) is 0.320. The predicted octanol–water partition coefficient (Wildman–Crippen LogP) is 4.07. The van der Waals surface area contributed by atoms with E-state index in [4.69, 9.17) is 14.6 Å². The van der Waals surface area contributed by atoms with Gasteiger partial charge in [0.1, 0.15) is 23.9 Å². The van der Waals surface area contributed by atoms with Gasteiger partial charge in [-0.15, -0.1) is 0 Å². The number of hydrogen-bond acceptors (Lipinski definition) is 6. The molecule has 33 heavy (non-hydrogen) atoms. The van der Waals surface area contributed by atoms with E-state index in [0.29, 0.717) is 29.2 Å². The van der Waals surface area contributed by atoms with E-state index in [1.807, 2.05) is 20.8 Å². The number of Topliss-reactive ketones (excluding diaryl/α,β-unsaturated/α-hetero) is 1. The summed E-state index contributed by atoms with van der Waals surface area (Å²) in [6, 6.07) is 13.1. The summed E-state index contributed by atoms with van der Waals surface area (Å²) in [5.74, 6) is -0.405. The number of carbonyl (C=O) groups excluding carboxylic acids is 2. The number of ether oxygens (including phenoxy) is 2. The van der Waals surface area contributed by atoms with Crippen LogP contribution in [0.25, 0.3) is 5.76 Å². The molecular weight excluding hydrogens is 422 g/mol. The summed E-state index contributed by atoms with van der Waals surface area (Å²) in [6.07, 6.45) is 1.59. The van der Waals surface area contributed by atoms with Gasteiger partial charge in [0.25, 0.3) is 11.7 Å². The van der Waals surface area contributed by atoms with E-state index in [9.17, 15) is 14.7 Å². The van der Waals surface area contributed by atoms with Gasteiger partial charge in [0.15, 0.2) is 0 Å². The highest BCUT2D eigenvalue weighted by Crippen LogP contribution is 2.40. The molecule has 1 fully saturated rings. The standard InChI is InChI=1S/C26H31NO6/c1-4-5-13-27-23(19-7-6-8-21(16-19)32-15-14-28)22(25(30)26(27)31)24(29)18-9-11-20(12-10-18)33-17(2)3/h6-12,16-17,23,28-29H,4-5,13-15H2,1-3H3/b24-22-. The summed E-state index contributed by atoms with van der Waals surface area (Å²) in [5, 5.41) is 20.2. The molecule has 2 aromatic rings. The Hall–Kier alpha value is -3.32. The molecule has 176 valence electrons. The largest absolute Gasteiger partial charge is 0.507 e. The zero-order chi connectivity index (χ0) is 24.0. The Morgan fingerprint density at radius 2 is 1.82 bits per heavy atom. The molecule has 0 radical (unpaired) electrons. The van der Waals surface area contributed by atoms with Gasteiger partial charge < -0.3 is 24.6 Å². The van der Waals surface area contributed by atoms with Crippen LogP contribution in [0.5, 0.6) is 11.5 Å². The molecule has 3 rings (SSSR count). The normalized spacial score (nSPS) is 17.6. The van der Waals surface area contributed by atoms with Crippen molar-refractivity contribution in [2.75, 3.05) is 19.8 Å². The van der Waals surface area contributed by atoms with Gasteiger partial charge >= 0.3 is 0 Å². The number of ketones is 1. The fourth-order valence-electron chi connectivity index (χ4n) is 3.84. The summed E-state index contributed by atoms with van der Waals surface area (Å²) in [4.78, 5) is 27.5. The number of amides is 1. The number of likely N-dealkylation sites (tertiary alicyclic amines) is 1. The third-order valence-electron chi connectivity index (χ3n) is 5.33. The lowest BCUT2D eigenvalue weighted by atomic mass is 9.95. The Balaban J connectivity index is 2.06. The Morgan fingerprint density at radius 1 is 1.09 bits per heavy atom. The van der Waals surface area contributed by atoms with Gasteiger partial charge in [-0.2, -0.15) is 0 Å². The zero-order valence-corrected chi connectivity index (χ0v) is 19.3. The van der Waals surface area contributed by atoms with Crippen LogP contribution >= 0.6 is 0 Å². The van der Waals surface area contributed by atoms with Gasteiger partial charge in [0.2, 0.25) is 0 Å². The summed E-state index contributed by atoms with van der Waals surface area (Å²) >= 11 is 0.